The van der Waals surface area contributed by atoms with Crippen LogP contribution in [0.2, 0.25) is 0 Å². The molecule has 4 nitrogen and oxygen atoms in total. The summed E-state index contributed by atoms with van der Waals surface area (Å²) < 4.78 is 3.09. The topological polar surface area (TPSA) is 56.7 Å². The number of halogens is 1. The first-order valence-corrected chi connectivity index (χ1v) is 8.17. The maximum Gasteiger partial charge on any atom is 0.150 e. The molecule has 0 bridgehead atoms. The Kier molecular flexibility index (Phi) is 4.76. The van der Waals surface area contributed by atoms with Crippen LogP contribution in [0.4, 0.5) is 0 Å². The molecule has 0 saturated heterocycles. The van der Waals surface area contributed by atoms with Crippen LogP contribution in [0.5, 0.6) is 0 Å². The van der Waals surface area contributed by atoms with Crippen molar-refractivity contribution < 1.29 is 0 Å². The number of nitrogens with zero attached hydrogens (tertiary/aromatic N) is 3. The van der Waals surface area contributed by atoms with E-state index in [0.717, 1.165) is 29.0 Å². The lowest BCUT2D eigenvalue weighted by molar-refractivity contribution is 0.442. The van der Waals surface area contributed by atoms with Gasteiger partial charge >= 0.3 is 0 Å². The van der Waals surface area contributed by atoms with Gasteiger partial charge in [0, 0.05) is 33.6 Å². The summed E-state index contributed by atoms with van der Waals surface area (Å²) in [4.78, 5) is 5.78. The van der Waals surface area contributed by atoms with Gasteiger partial charge in [0.15, 0.2) is 5.82 Å². The summed E-state index contributed by atoms with van der Waals surface area (Å²) in [6.07, 6.45) is 1.71. The molecule has 2 N–H and O–H groups in total. The molecule has 0 aromatic carbocycles. The van der Waals surface area contributed by atoms with E-state index in [1.165, 1.54) is 4.88 Å². The van der Waals surface area contributed by atoms with E-state index in [-0.39, 0.29) is 12.1 Å². The number of nitrogens with two attached hydrogens (primary N) is 1. The molecule has 0 amide bonds. The van der Waals surface area contributed by atoms with Crippen LogP contribution in [0.1, 0.15) is 43.3 Å². The molecule has 0 aliphatic heterocycles. The third-order valence-corrected chi connectivity index (χ3v) is 4.78. The molecule has 2 rings (SSSR count). The first kappa shape index (κ1) is 14.7. The molecular weight excluding hydrogens is 324 g/mol. The van der Waals surface area contributed by atoms with Crippen LogP contribution >= 0.6 is 27.3 Å². The Balaban J connectivity index is 2.47. The Morgan fingerprint density at radius 1 is 1.42 bits per heavy atom. The van der Waals surface area contributed by atoms with Crippen molar-refractivity contribution in [2.75, 3.05) is 0 Å². The summed E-state index contributed by atoms with van der Waals surface area (Å²) in [5.41, 5.74) is 6.19. The zero-order valence-electron chi connectivity index (χ0n) is 11.4. The van der Waals surface area contributed by atoms with Crippen molar-refractivity contribution in [1.29, 1.82) is 0 Å². The van der Waals surface area contributed by atoms with Crippen LogP contribution in [-0.2, 0) is 12.8 Å². The molecule has 0 aliphatic carbocycles. The number of hydrogen-bond acceptors (Lipinski definition) is 4. The van der Waals surface area contributed by atoms with Crippen LogP contribution in [0.3, 0.4) is 0 Å². The lowest BCUT2D eigenvalue weighted by atomic mass is 10.1. The first-order chi connectivity index (χ1) is 9.06. The van der Waals surface area contributed by atoms with Gasteiger partial charge in [-0.2, -0.15) is 5.10 Å². The molecule has 0 aliphatic rings. The summed E-state index contributed by atoms with van der Waals surface area (Å²) >= 11 is 5.20. The Morgan fingerprint density at radius 2 is 2.16 bits per heavy atom. The highest BCUT2D eigenvalue weighted by Crippen LogP contribution is 2.30. The smallest absolute Gasteiger partial charge is 0.150 e. The predicted octanol–water partition coefficient (Wildman–Crippen LogP) is 3.16. The molecule has 19 heavy (non-hydrogen) atoms. The SMILES string of the molecule is CCc1nc(CC)n(C(c2cc(Br)cs2)C(C)N)n1. The molecule has 2 heterocycles. The van der Waals surface area contributed by atoms with Crippen molar-refractivity contribution in [3.05, 3.63) is 32.4 Å². The van der Waals surface area contributed by atoms with E-state index >= 15 is 0 Å². The first-order valence-electron chi connectivity index (χ1n) is 6.50. The van der Waals surface area contributed by atoms with E-state index < -0.39 is 0 Å². The zero-order valence-corrected chi connectivity index (χ0v) is 13.8. The fourth-order valence-corrected chi connectivity index (χ4v) is 3.75. The highest BCUT2D eigenvalue weighted by molar-refractivity contribution is 9.10. The van der Waals surface area contributed by atoms with Gasteiger partial charge in [-0.25, -0.2) is 9.67 Å². The Hall–Kier alpha value is -0.720. The summed E-state index contributed by atoms with van der Waals surface area (Å²) in [5, 5.41) is 6.70. The van der Waals surface area contributed by atoms with Crippen molar-refractivity contribution >= 4 is 27.3 Å². The van der Waals surface area contributed by atoms with Gasteiger partial charge in [0.2, 0.25) is 0 Å². The van der Waals surface area contributed by atoms with Gasteiger partial charge in [-0.3, -0.25) is 0 Å². The van der Waals surface area contributed by atoms with Crippen LogP contribution in [-0.4, -0.2) is 20.8 Å². The molecule has 2 aromatic rings. The minimum absolute atomic E-state index is 0.0118. The standard InChI is InChI=1S/C13H19BrN4S/c1-4-11-16-12(5-2)18(17-11)13(8(3)15)10-6-9(14)7-19-10/h6-8,13H,4-5,15H2,1-3H3. The average Bonchev–Trinajstić information content (AvgIpc) is 2.96. The van der Waals surface area contributed by atoms with Crippen LogP contribution in [0.15, 0.2) is 15.9 Å². The van der Waals surface area contributed by atoms with Crippen LogP contribution in [0.25, 0.3) is 0 Å². The predicted molar refractivity (Wildman–Crippen MR) is 82.6 cm³/mol. The van der Waals surface area contributed by atoms with E-state index in [1.54, 1.807) is 11.3 Å². The summed E-state index contributed by atoms with van der Waals surface area (Å²) in [7, 11) is 0. The minimum atomic E-state index is -0.0118. The molecule has 2 aromatic heterocycles. The number of aryl methyl sites for hydroxylation is 2. The normalized spacial score (nSPS) is 14.6. The minimum Gasteiger partial charge on any atom is -0.326 e. The molecule has 0 fully saturated rings. The van der Waals surface area contributed by atoms with Crippen molar-refractivity contribution in [2.24, 2.45) is 5.73 Å². The monoisotopic (exact) mass is 342 g/mol. The quantitative estimate of drug-likeness (QED) is 0.907. The number of thiophene rings is 1. The van der Waals surface area contributed by atoms with E-state index in [2.05, 4.69) is 51.3 Å². The molecule has 2 atom stereocenters. The number of aromatic nitrogens is 3. The fourth-order valence-electron chi connectivity index (χ4n) is 2.10. The van der Waals surface area contributed by atoms with Crippen LogP contribution in [0, 0.1) is 0 Å². The van der Waals surface area contributed by atoms with Gasteiger partial charge in [-0.05, 0) is 28.9 Å². The second-order valence-electron chi connectivity index (χ2n) is 4.57. The van der Waals surface area contributed by atoms with Crippen molar-refractivity contribution in [2.45, 2.75) is 45.7 Å². The fraction of sp³-hybridized carbons (Fsp3) is 0.538. The number of hydrogen-bond donors (Lipinski definition) is 1. The van der Waals surface area contributed by atoms with E-state index in [4.69, 9.17) is 5.73 Å². The van der Waals surface area contributed by atoms with E-state index in [9.17, 15) is 0 Å². The Morgan fingerprint density at radius 3 is 2.63 bits per heavy atom. The third-order valence-electron chi connectivity index (χ3n) is 3.02. The lowest BCUT2D eigenvalue weighted by Gasteiger charge is -2.21. The van der Waals surface area contributed by atoms with E-state index in [0.29, 0.717) is 0 Å². The summed E-state index contributed by atoms with van der Waals surface area (Å²) in [5.74, 6) is 1.89. The molecular formula is C13H19BrN4S. The van der Waals surface area contributed by atoms with Crippen molar-refractivity contribution in [3.8, 4) is 0 Å². The van der Waals surface area contributed by atoms with Gasteiger partial charge in [-0.15, -0.1) is 11.3 Å². The third kappa shape index (κ3) is 3.07. The van der Waals surface area contributed by atoms with Gasteiger partial charge in [0.05, 0.1) is 0 Å². The molecule has 104 valence electrons. The zero-order chi connectivity index (χ0) is 14.0. The van der Waals surface area contributed by atoms with Gasteiger partial charge in [0.25, 0.3) is 0 Å². The number of rotatable bonds is 5. The lowest BCUT2D eigenvalue weighted by Crippen LogP contribution is -2.31. The highest BCUT2D eigenvalue weighted by atomic mass is 79.9. The van der Waals surface area contributed by atoms with Crippen molar-refractivity contribution in [3.63, 3.8) is 0 Å². The Bertz CT molecular complexity index is 547. The maximum atomic E-state index is 6.19. The molecule has 0 saturated carbocycles. The van der Waals surface area contributed by atoms with Crippen molar-refractivity contribution in [1.82, 2.24) is 14.8 Å². The van der Waals surface area contributed by atoms with Gasteiger partial charge in [-0.1, -0.05) is 13.8 Å². The summed E-state index contributed by atoms with van der Waals surface area (Å²) in [6, 6.07) is 2.16. The Labute approximate surface area is 126 Å². The second kappa shape index (κ2) is 6.15. The second-order valence-corrected chi connectivity index (χ2v) is 6.43. The molecule has 2 unspecified atom stereocenters. The van der Waals surface area contributed by atoms with Gasteiger partial charge < -0.3 is 5.73 Å². The molecule has 6 heteroatoms. The molecule has 0 spiro atoms. The average molecular weight is 343 g/mol. The molecule has 0 radical (unpaired) electrons. The maximum absolute atomic E-state index is 6.19. The largest absolute Gasteiger partial charge is 0.326 e. The highest BCUT2D eigenvalue weighted by Gasteiger charge is 2.24. The van der Waals surface area contributed by atoms with Crippen LogP contribution < -0.4 is 5.73 Å². The van der Waals surface area contributed by atoms with E-state index in [1.807, 2.05) is 11.6 Å². The van der Waals surface area contributed by atoms with Gasteiger partial charge in [0.1, 0.15) is 11.9 Å². The summed E-state index contributed by atoms with van der Waals surface area (Å²) in [6.45, 7) is 6.19.